The van der Waals surface area contributed by atoms with Crippen LogP contribution in [0.25, 0.3) is 0 Å². The molecule has 0 bridgehead atoms. The van der Waals surface area contributed by atoms with Crippen LogP contribution in [0.2, 0.25) is 0 Å². The quantitative estimate of drug-likeness (QED) is 0.852. The highest BCUT2D eigenvalue weighted by Gasteiger charge is 2.22. The molecule has 1 aromatic rings. The number of hydrogen-bond donors (Lipinski definition) is 0. The van der Waals surface area contributed by atoms with Gasteiger partial charge in [0.1, 0.15) is 5.75 Å². The lowest BCUT2D eigenvalue weighted by atomic mass is 9.99. The van der Waals surface area contributed by atoms with E-state index in [1.807, 2.05) is 34.1 Å². The molecule has 3 rings (SSSR count). The van der Waals surface area contributed by atoms with Gasteiger partial charge in [0.25, 0.3) is 5.91 Å². The van der Waals surface area contributed by atoms with Crippen LogP contribution in [0.15, 0.2) is 24.3 Å². The van der Waals surface area contributed by atoms with Crippen molar-refractivity contribution < 1.29 is 14.3 Å². The molecule has 0 N–H and O–H groups in total. The monoisotopic (exact) mass is 330 g/mol. The van der Waals surface area contributed by atoms with E-state index < -0.39 is 0 Å². The van der Waals surface area contributed by atoms with Crippen molar-refractivity contribution in [1.82, 2.24) is 9.80 Å². The average Bonchev–Trinajstić information content (AvgIpc) is 3.14. The second-order valence-electron chi connectivity index (χ2n) is 6.81. The van der Waals surface area contributed by atoms with E-state index in [0.29, 0.717) is 12.5 Å². The first-order valence-corrected chi connectivity index (χ1v) is 8.91. The van der Waals surface area contributed by atoms with E-state index in [9.17, 15) is 9.59 Å². The highest BCUT2D eigenvalue weighted by molar-refractivity contribution is 5.94. The summed E-state index contributed by atoms with van der Waals surface area (Å²) in [5, 5.41) is 0. The summed E-state index contributed by atoms with van der Waals surface area (Å²) in [6, 6.07) is 7.43. The lowest BCUT2D eigenvalue weighted by Gasteiger charge is -2.31. The standard InChI is InChI=1S/C19H26N2O3/c1-15(22)21-12-4-5-16(13-21)14-24-18-8-6-17(7-9-18)19(23)20-10-2-3-11-20/h6-9,16H,2-5,10-14H2,1H3/t16-/m0/s1. The summed E-state index contributed by atoms with van der Waals surface area (Å²) in [7, 11) is 0. The molecule has 0 unspecified atom stereocenters. The van der Waals surface area contributed by atoms with Crippen LogP contribution in [0, 0.1) is 5.92 Å². The summed E-state index contributed by atoms with van der Waals surface area (Å²) in [4.78, 5) is 27.6. The predicted octanol–water partition coefficient (Wildman–Crippen LogP) is 2.56. The first-order valence-electron chi connectivity index (χ1n) is 8.91. The Hall–Kier alpha value is -2.04. The van der Waals surface area contributed by atoms with Crippen LogP contribution >= 0.6 is 0 Å². The number of ether oxygens (including phenoxy) is 1. The molecule has 2 aliphatic heterocycles. The summed E-state index contributed by atoms with van der Waals surface area (Å²) < 4.78 is 5.87. The number of benzene rings is 1. The maximum absolute atomic E-state index is 12.3. The molecule has 0 radical (unpaired) electrons. The van der Waals surface area contributed by atoms with Crippen LogP contribution in [0.1, 0.15) is 43.0 Å². The third kappa shape index (κ3) is 4.08. The Balaban J connectivity index is 1.51. The molecular weight excluding hydrogens is 304 g/mol. The zero-order valence-electron chi connectivity index (χ0n) is 14.4. The zero-order chi connectivity index (χ0) is 16.9. The Bertz CT molecular complexity index is 579. The third-order valence-electron chi connectivity index (χ3n) is 4.94. The Morgan fingerprint density at radius 3 is 2.38 bits per heavy atom. The van der Waals surface area contributed by atoms with Gasteiger partial charge in [0.15, 0.2) is 0 Å². The fraction of sp³-hybridized carbons (Fsp3) is 0.579. The summed E-state index contributed by atoms with van der Waals surface area (Å²) in [5.41, 5.74) is 0.727. The lowest BCUT2D eigenvalue weighted by Crippen LogP contribution is -2.40. The van der Waals surface area contributed by atoms with Gasteiger partial charge >= 0.3 is 0 Å². The molecule has 24 heavy (non-hydrogen) atoms. The minimum absolute atomic E-state index is 0.114. The number of likely N-dealkylation sites (tertiary alicyclic amines) is 2. The summed E-state index contributed by atoms with van der Waals surface area (Å²) in [6.45, 7) is 5.61. The Kier molecular flexibility index (Phi) is 5.38. The smallest absolute Gasteiger partial charge is 0.253 e. The molecular formula is C19H26N2O3. The van der Waals surface area contributed by atoms with E-state index in [4.69, 9.17) is 4.74 Å². The van der Waals surface area contributed by atoms with Crippen molar-refractivity contribution in [2.75, 3.05) is 32.8 Å². The topological polar surface area (TPSA) is 49.9 Å². The van der Waals surface area contributed by atoms with Crippen molar-refractivity contribution >= 4 is 11.8 Å². The lowest BCUT2D eigenvalue weighted by molar-refractivity contribution is -0.130. The average molecular weight is 330 g/mol. The van der Waals surface area contributed by atoms with Crippen LogP contribution in [-0.2, 0) is 4.79 Å². The van der Waals surface area contributed by atoms with E-state index in [-0.39, 0.29) is 11.8 Å². The molecule has 5 heteroatoms. The van der Waals surface area contributed by atoms with Crippen LogP contribution < -0.4 is 4.74 Å². The number of rotatable bonds is 4. The van der Waals surface area contributed by atoms with Gasteiger partial charge in [-0.3, -0.25) is 9.59 Å². The first kappa shape index (κ1) is 16.8. The van der Waals surface area contributed by atoms with Gasteiger partial charge < -0.3 is 14.5 Å². The number of carbonyl (C=O) groups excluding carboxylic acids is 2. The minimum atomic E-state index is 0.114. The van der Waals surface area contributed by atoms with Crippen LogP contribution in [0.4, 0.5) is 0 Å². The highest BCUT2D eigenvalue weighted by atomic mass is 16.5. The van der Waals surface area contributed by atoms with Gasteiger partial charge in [0.05, 0.1) is 6.61 Å². The number of piperidine rings is 1. The molecule has 2 fully saturated rings. The Morgan fingerprint density at radius 2 is 1.71 bits per heavy atom. The highest BCUT2D eigenvalue weighted by Crippen LogP contribution is 2.20. The van der Waals surface area contributed by atoms with Crippen molar-refractivity contribution in [3.63, 3.8) is 0 Å². The van der Waals surface area contributed by atoms with E-state index in [1.165, 1.54) is 0 Å². The fourth-order valence-electron chi connectivity index (χ4n) is 3.50. The van der Waals surface area contributed by atoms with E-state index >= 15 is 0 Å². The van der Waals surface area contributed by atoms with Crippen molar-refractivity contribution in [1.29, 1.82) is 0 Å². The maximum atomic E-state index is 12.3. The molecule has 2 heterocycles. The van der Waals surface area contributed by atoms with Gasteiger partial charge in [-0.25, -0.2) is 0 Å². The zero-order valence-corrected chi connectivity index (χ0v) is 14.4. The molecule has 1 aromatic carbocycles. The molecule has 0 spiro atoms. The Labute approximate surface area is 143 Å². The predicted molar refractivity (Wildman–Crippen MR) is 92.1 cm³/mol. The molecule has 0 aromatic heterocycles. The van der Waals surface area contributed by atoms with Crippen LogP contribution in [-0.4, -0.2) is 54.4 Å². The molecule has 2 amide bonds. The van der Waals surface area contributed by atoms with Crippen LogP contribution in [0.5, 0.6) is 5.75 Å². The van der Waals surface area contributed by atoms with E-state index in [0.717, 1.165) is 63.2 Å². The van der Waals surface area contributed by atoms with Crippen molar-refractivity contribution in [3.8, 4) is 5.75 Å². The normalized spacial score (nSPS) is 21.0. The van der Waals surface area contributed by atoms with Crippen molar-refractivity contribution in [2.24, 2.45) is 5.92 Å². The van der Waals surface area contributed by atoms with Gasteiger partial charge in [-0.1, -0.05) is 0 Å². The summed E-state index contributed by atoms with van der Waals surface area (Å²) in [5.74, 6) is 1.43. The van der Waals surface area contributed by atoms with Gasteiger partial charge in [-0.15, -0.1) is 0 Å². The second-order valence-corrected chi connectivity index (χ2v) is 6.81. The van der Waals surface area contributed by atoms with E-state index in [2.05, 4.69) is 0 Å². The third-order valence-corrected chi connectivity index (χ3v) is 4.94. The number of carbonyl (C=O) groups is 2. The largest absolute Gasteiger partial charge is 0.493 e. The van der Waals surface area contributed by atoms with Crippen LogP contribution in [0.3, 0.4) is 0 Å². The maximum Gasteiger partial charge on any atom is 0.253 e. The Morgan fingerprint density at radius 1 is 1.04 bits per heavy atom. The van der Waals surface area contributed by atoms with Crippen molar-refractivity contribution in [3.05, 3.63) is 29.8 Å². The molecule has 1 atom stereocenters. The number of nitrogens with zero attached hydrogens (tertiary/aromatic N) is 2. The van der Waals surface area contributed by atoms with Gasteiger partial charge in [-0.2, -0.15) is 0 Å². The first-order chi connectivity index (χ1) is 11.6. The summed E-state index contributed by atoms with van der Waals surface area (Å²) in [6.07, 6.45) is 4.34. The molecule has 130 valence electrons. The van der Waals surface area contributed by atoms with Crippen molar-refractivity contribution in [2.45, 2.75) is 32.6 Å². The van der Waals surface area contributed by atoms with E-state index in [1.54, 1.807) is 6.92 Å². The second kappa shape index (κ2) is 7.69. The minimum Gasteiger partial charge on any atom is -0.493 e. The van der Waals surface area contributed by atoms with Gasteiger partial charge in [0, 0.05) is 44.6 Å². The van der Waals surface area contributed by atoms with Gasteiger partial charge in [0.2, 0.25) is 5.91 Å². The molecule has 0 aliphatic carbocycles. The summed E-state index contributed by atoms with van der Waals surface area (Å²) >= 11 is 0. The fourth-order valence-corrected chi connectivity index (χ4v) is 3.50. The molecule has 2 aliphatic rings. The number of hydrogen-bond acceptors (Lipinski definition) is 3. The molecule has 0 saturated carbocycles. The number of amides is 2. The molecule has 2 saturated heterocycles. The molecule has 5 nitrogen and oxygen atoms in total. The van der Waals surface area contributed by atoms with Gasteiger partial charge in [-0.05, 0) is 49.9 Å². The SMILES string of the molecule is CC(=O)N1CCC[C@H](COc2ccc(C(=O)N3CCCC3)cc2)C1.